The number of H-pyrrole nitrogens is 1. The second-order valence-electron chi connectivity index (χ2n) is 6.92. The zero-order valence-corrected chi connectivity index (χ0v) is 15.8. The molecule has 0 bridgehead atoms. The Morgan fingerprint density at radius 2 is 1.69 bits per heavy atom. The van der Waals surface area contributed by atoms with E-state index in [0.717, 1.165) is 16.7 Å². The maximum atomic E-state index is 13.1. The molecule has 1 heterocycles. The lowest BCUT2D eigenvalue weighted by Crippen LogP contribution is -2.29. The lowest BCUT2D eigenvalue weighted by molar-refractivity contribution is -0.384. The molecule has 29 heavy (non-hydrogen) atoms. The van der Waals surface area contributed by atoms with Crippen LogP contribution in [0.3, 0.4) is 0 Å². The number of carbonyl (C=O) groups is 1. The molecule has 0 saturated heterocycles. The first kappa shape index (κ1) is 18.4. The average molecular weight is 385 g/mol. The van der Waals surface area contributed by atoms with Gasteiger partial charge in [-0.3, -0.25) is 14.9 Å². The molecule has 1 atom stereocenters. The van der Waals surface area contributed by atoms with Crippen LogP contribution in [0.5, 0.6) is 0 Å². The third kappa shape index (κ3) is 3.73. The minimum Gasteiger partial charge on any atom is -0.360 e. The highest BCUT2D eigenvalue weighted by Gasteiger charge is 2.21. The predicted molar refractivity (Wildman–Crippen MR) is 112 cm³/mol. The molecule has 1 amide bonds. The molecule has 2 N–H and O–H groups in total. The van der Waals surface area contributed by atoms with Gasteiger partial charge in [0.15, 0.2) is 0 Å². The average Bonchev–Trinajstić information content (AvgIpc) is 3.16. The van der Waals surface area contributed by atoms with Gasteiger partial charge in [0.1, 0.15) is 0 Å². The van der Waals surface area contributed by atoms with E-state index in [-0.39, 0.29) is 17.6 Å². The summed E-state index contributed by atoms with van der Waals surface area (Å²) in [4.78, 5) is 26.8. The first-order valence-electron chi connectivity index (χ1n) is 9.21. The van der Waals surface area contributed by atoms with E-state index in [1.807, 2.05) is 61.5 Å². The number of non-ortho nitro benzene ring substituents is 1. The number of hydrogen-bond donors (Lipinski definition) is 2. The Labute approximate surface area is 167 Å². The number of carbonyl (C=O) groups excluding carboxylic acids is 1. The number of nitro benzene ring substituents is 1. The summed E-state index contributed by atoms with van der Waals surface area (Å²) in [5.74, 6) is -0.300. The van der Waals surface area contributed by atoms with Gasteiger partial charge in [0, 0.05) is 29.2 Å². The largest absolute Gasteiger partial charge is 0.360 e. The number of fused-ring (bicyclic) bond motifs is 1. The van der Waals surface area contributed by atoms with Crippen molar-refractivity contribution < 1.29 is 9.72 Å². The molecule has 3 aromatic carbocycles. The Morgan fingerprint density at radius 1 is 1.00 bits per heavy atom. The SMILES string of the molecule is Cc1ccc(C(NC(=O)c2c[nH]c3ccc([N+](=O)[O-])cc23)c2ccccc2)cc1. The molecule has 0 radical (unpaired) electrons. The predicted octanol–water partition coefficient (Wildman–Crippen LogP) is 4.90. The molecular formula is C23H19N3O3. The summed E-state index contributed by atoms with van der Waals surface area (Å²) in [6, 6.07) is 21.8. The smallest absolute Gasteiger partial charge is 0.270 e. The van der Waals surface area contributed by atoms with E-state index in [1.54, 1.807) is 12.3 Å². The van der Waals surface area contributed by atoms with Crippen molar-refractivity contribution in [1.82, 2.24) is 10.3 Å². The topological polar surface area (TPSA) is 88.0 Å². The van der Waals surface area contributed by atoms with Gasteiger partial charge < -0.3 is 10.3 Å². The highest BCUT2D eigenvalue weighted by molar-refractivity contribution is 6.07. The molecule has 0 aliphatic rings. The third-order valence-electron chi connectivity index (χ3n) is 4.94. The van der Waals surface area contributed by atoms with Crippen LogP contribution in [0, 0.1) is 17.0 Å². The molecule has 144 valence electrons. The van der Waals surface area contributed by atoms with E-state index in [1.165, 1.54) is 12.1 Å². The fraction of sp³-hybridized carbons (Fsp3) is 0.0870. The fourth-order valence-corrected chi connectivity index (χ4v) is 3.38. The van der Waals surface area contributed by atoms with E-state index < -0.39 is 4.92 Å². The molecule has 6 nitrogen and oxygen atoms in total. The van der Waals surface area contributed by atoms with Crippen LogP contribution in [0.1, 0.15) is 33.1 Å². The summed E-state index contributed by atoms with van der Waals surface area (Å²) in [6.45, 7) is 2.01. The second kappa shape index (κ2) is 7.59. The molecule has 4 rings (SSSR count). The van der Waals surface area contributed by atoms with Crippen molar-refractivity contribution in [2.45, 2.75) is 13.0 Å². The summed E-state index contributed by atoms with van der Waals surface area (Å²) in [5.41, 5.74) is 4.04. The van der Waals surface area contributed by atoms with Crippen LogP contribution in [-0.2, 0) is 0 Å². The van der Waals surface area contributed by atoms with Gasteiger partial charge in [0.2, 0.25) is 0 Å². The van der Waals surface area contributed by atoms with E-state index in [4.69, 9.17) is 0 Å². The number of rotatable bonds is 5. The number of amides is 1. The minimum absolute atomic E-state index is 0.0516. The van der Waals surface area contributed by atoms with Gasteiger partial charge in [-0.2, -0.15) is 0 Å². The van der Waals surface area contributed by atoms with Crippen LogP contribution in [0.2, 0.25) is 0 Å². The van der Waals surface area contributed by atoms with E-state index in [2.05, 4.69) is 10.3 Å². The summed E-state index contributed by atoms with van der Waals surface area (Å²) < 4.78 is 0. The van der Waals surface area contributed by atoms with Crippen molar-refractivity contribution in [3.8, 4) is 0 Å². The van der Waals surface area contributed by atoms with E-state index in [9.17, 15) is 14.9 Å². The zero-order valence-electron chi connectivity index (χ0n) is 15.8. The molecule has 4 aromatic rings. The Hall–Kier alpha value is -3.93. The number of aromatic amines is 1. The number of nitrogens with zero attached hydrogens (tertiary/aromatic N) is 1. The molecule has 1 unspecified atom stereocenters. The number of benzene rings is 3. The van der Waals surface area contributed by atoms with Crippen molar-refractivity contribution in [3.05, 3.63) is 111 Å². The molecule has 1 aromatic heterocycles. The standard InChI is InChI=1S/C23H19N3O3/c1-15-7-9-17(10-8-15)22(16-5-3-2-4-6-16)25-23(27)20-14-24-21-12-11-18(26(28)29)13-19(20)21/h2-14,22,24H,1H3,(H,25,27). The summed E-state index contributed by atoms with van der Waals surface area (Å²) in [6.07, 6.45) is 1.58. The first-order chi connectivity index (χ1) is 14.0. The van der Waals surface area contributed by atoms with Gasteiger partial charge in [-0.1, -0.05) is 60.2 Å². The molecular weight excluding hydrogens is 366 g/mol. The number of aromatic nitrogens is 1. The molecule has 0 aliphatic carbocycles. The second-order valence-corrected chi connectivity index (χ2v) is 6.92. The summed E-state index contributed by atoms with van der Waals surface area (Å²) >= 11 is 0. The maximum Gasteiger partial charge on any atom is 0.270 e. The van der Waals surface area contributed by atoms with Crippen LogP contribution in [0.15, 0.2) is 79.0 Å². The van der Waals surface area contributed by atoms with E-state index in [0.29, 0.717) is 16.5 Å². The van der Waals surface area contributed by atoms with Gasteiger partial charge in [-0.25, -0.2) is 0 Å². The Bertz CT molecular complexity index is 1180. The summed E-state index contributed by atoms with van der Waals surface area (Å²) in [5, 5.41) is 14.7. The number of nitro groups is 1. The minimum atomic E-state index is -0.465. The van der Waals surface area contributed by atoms with Crippen LogP contribution in [-0.4, -0.2) is 15.8 Å². The van der Waals surface area contributed by atoms with Crippen LogP contribution < -0.4 is 5.32 Å². The van der Waals surface area contributed by atoms with Crippen molar-refractivity contribution in [3.63, 3.8) is 0 Å². The van der Waals surface area contributed by atoms with E-state index >= 15 is 0 Å². The quantitative estimate of drug-likeness (QED) is 0.378. The van der Waals surface area contributed by atoms with Crippen molar-refractivity contribution in [2.75, 3.05) is 0 Å². The number of nitrogens with one attached hydrogen (secondary N) is 2. The van der Waals surface area contributed by atoms with Crippen LogP contribution >= 0.6 is 0 Å². The van der Waals surface area contributed by atoms with Gasteiger partial charge in [0.25, 0.3) is 11.6 Å². The fourth-order valence-electron chi connectivity index (χ4n) is 3.38. The highest BCUT2D eigenvalue weighted by atomic mass is 16.6. The van der Waals surface area contributed by atoms with Gasteiger partial charge in [-0.15, -0.1) is 0 Å². The summed E-state index contributed by atoms with van der Waals surface area (Å²) in [7, 11) is 0. The van der Waals surface area contributed by atoms with Crippen molar-refractivity contribution >= 4 is 22.5 Å². The van der Waals surface area contributed by atoms with Crippen molar-refractivity contribution in [1.29, 1.82) is 0 Å². The Kier molecular flexibility index (Phi) is 4.83. The monoisotopic (exact) mass is 385 g/mol. The van der Waals surface area contributed by atoms with Crippen LogP contribution in [0.4, 0.5) is 5.69 Å². The van der Waals surface area contributed by atoms with Gasteiger partial charge in [-0.05, 0) is 24.1 Å². The van der Waals surface area contributed by atoms with Gasteiger partial charge >= 0.3 is 0 Å². The lowest BCUT2D eigenvalue weighted by Gasteiger charge is -2.20. The molecule has 0 saturated carbocycles. The van der Waals surface area contributed by atoms with Crippen molar-refractivity contribution in [2.24, 2.45) is 0 Å². The van der Waals surface area contributed by atoms with Gasteiger partial charge in [0.05, 0.1) is 16.5 Å². The molecule has 0 aliphatic heterocycles. The lowest BCUT2D eigenvalue weighted by atomic mass is 9.97. The molecule has 6 heteroatoms. The molecule has 0 fully saturated rings. The normalized spacial score (nSPS) is 11.9. The third-order valence-corrected chi connectivity index (χ3v) is 4.94. The highest BCUT2D eigenvalue weighted by Crippen LogP contribution is 2.26. The first-order valence-corrected chi connectivity index (χ1v) is 9.21. The molecule has 0 spiro atoms. The Morgan fingerprint density at radius 3 is 2.38 bits per heavy atom. The number of hydrogen-bond acceptors (Lipinski definition) is 3. The Balaban J connectivity index is 1.72. The number of aryl methyl sites for hydroxylation is 1. The van der Waals surface area contributed by atoms with Crippen LogP contribution in [0.25, 0.3) is 10.9 Å². The maximum absolute atomic E-state index is 13.1. The zero-order chi connectivity index (χ0) is 20.4.